The Kier molecular flexibility index (Phi) is 6.39. The maximum absolute atomic E-state index is 12.9. The molecule has 4 rings (SSSR count). The van der Waals surface area contributed by atoms with E-state index in [0.717, 1.165) is 26.5 Å². The molecule has 5 nitrogen and oxygen atoms in total. The molecule has 0 spiro atoms. The van der Waals surface area contributed by atoms with Crippen LogP contribution in [0.5, 0.6) is 5.75 Å². The monoisotopic (exact) mass is 443 g/mol. The zero-order valence-electron chi connectivity index (χ0n) is 17.5. The Bertz CT molecular complexity index is 1370. The number of ether oxygens (including phenoxy) is 1. The van der Waals surface area contributed by atoms with Crippen LogP contribution in [0.4, 0.5) is 0 Å². The highest BCUT2D eigenvalue weighted by molar-refractivity contribution is 7.19. The molecule has 6 heteroatoms. The van der Waals surface area contributed by atoms with E-state index in [0.29, 0.717) is 25.0 Å². The summed E-state index contributed by atoms with van der Waals surface area (Å²) in [6.45, 7) is 2.98. The Morgan fingerprint density at radius 3 is 2.47 bits per heavy atom. The number of fused-ring (bicyclic) bond motifs is 1. The largest absolute Gasteiger partial charge is 0.494 e. The second-order valence-corrected chi connectivity index (χ2v) is 8.28. The molecule has 0 aliphatic carbocycles. The molecular weight excluding hydrogens is 422 g/mol. The van der Waals surface area contributed by atoms with Crippen LogP contribution in [-0.2, 0) is 13.0 Å². The highest BCUT2D eigenvalue weighted by Gasteiger charge is 2.08. The first-order valence-corrected chi connectivity index (χ1v) is 11.0. The first-order valence-electron chi connectivity index (χ1n) is 10.2. The van der Waals surface area contributed by atoms with Crippen molar-refractivity contribution < 1.29 is 14.6 Å². The Hall–Kier alpha value is -3.82. The summed E-state index contributed by atoms with van der Waals surface area (Å²) in [4.78, 5) is 24.8. The fourth-order valence-electron chi connectivity index (χ4n) is 3.32. The lowest BCUT2D eigenvalue weighted by molar-refractivity contribution is 0.0697. The van der Waals surface area contributed by atoms with Crippen molar-refractivity contribution in [3.63, 3.8) is 0 Å². The van der Waals surface area contributed by atoms with Crippen molar-refractivity contribution in [3.05, 3.63) is 98.8 Å². The van der Waals surface area contributed by atoms with Gasteiger partial charge < -0.3 is 14.4 Å². The van der Waals surface area contributed by atoms with E-state index in [9.17, 15) is 9.59 Å². The summed E-state index contributed by atoms with van der Waals surface area (Å²) >= 11 is 1.50. The summed E-state index contributed by atoms with van der Waals surface area (Å²) in [5, 5.41) is 9.66. The number of hydrogen-bond acceptors (Lipinski definition) is 4. The number of aromatic nitrogens is 1. The van der Waals surface area contributed by atoms with E-state index in [1.54, 1.807) is 35.0 Å². The molecule has 0 bridgehead atoms. The number of aromatic carboxylic acids is 1. The van der Waals surface area contributed by atoms with Crippen LogP contribution in [0, 0.1) is 11.8 Å². The number of hydrogen-bond donors (Lipinski definition) is 1. The van der Waals surface area contributed by atoms with Gasteiger partial charge in [0, 0.05) is 17.3 Å². The van der Waals surface area contributed by atoms with Gasteiger partial charge in [0.2, 0.25) is 0 Å². The second kappa shape index (κ2) is 9.54. The van der Waals surface area contributed by atoms with Gasteiger partial charge in [0.25, 0.3) is 5.56 Å². The molecule has 2 aromatic carbocycles. The number of thiophene rings is 1. The van der Waals surface area contributed by atoms with Gasteiger partial charge in [-0.2, -0.15) is 0 Å². The van der Waals surface area contributed by atoms with Gasteiger partial charge in [-0.25, -0.2) is 4.79 Å². The van der Waals surface area contributed by atoms with Crippen molar-refractivity contribution in [1.82, 2.24) is 4.57 Å². The van der Waals surface area contributed by atoms with Gasteiger partial charge in [-0.1, -0.05) is 36.1 Å². The van der Waals surface area contributed by atoms with Gasteiger partial charge in [0.15, 0.2) is 0 Å². The quantitative estimate of drug-likeness (QED) is 0.435. The summed E-state index contributed by atoms with van der Waals surface area (Å²) < 4.78 is 7.98. The van der Waals surface area contributed by atoms with Crippen LogP contribution < -0.4 is 10.3 Å². The Morgan fingerprint density at radius 2 is 1.78 bits per heavy atom. The third-order valence-corrected chi connectivity index (χ3v) is 5.97. The highest BCUT2D eigenvalue weighted by atomic mass is 32.1. The molecule has 4 aromatic rings. The van der Waals surface area contributed by atoms with Gasteiger partial charge in [-0.15, -0.1) is 11.3 Å². The predicted octanol–water partition coefficient (Wildman–Crippen LogP) is 4.80. The second-order valence-electron chi connectivity index (χ2n) is 7.19. The number of benzene rings is 2. The fourth-order valence-corrected chi connectivity index (χ4v) is 4.24. The molecule has 0 aliphatic heterocycles. The van der Waals surface area contributed by atoms with Crippen molar-refractivity contribution in [1.29, 1.82) is 0 Å². The summed E-state index contributed by atoms with van der Waals surface area (Å²) in [5.74, 6) is 6.23. The van der Waals surface area contributed by atoms with Crippen LogP contribution >= 0.6 is 11.3 Å². The molecule has 160 valence electrons. The van der Waals surface area contributed by atoms with Gasteiger partial charge in [0.1, 0.15) is 5.75 Å². The van der Waals surface area contributed by atoms with Crippen LogP contribution in [0.15, 0.2) is 71.7 Å². The molecule has 0 atom stereocenters. The van der Waals surface area contributed by atoms with Crippen molar-refractivity contribution in [3.8, 4) is 17.6 Å². The van der Waals surface area contributed by atoms with E-state index < -0.39 is 5.97 Å². The molecular formula is C26H21NO4S. The van der Waals surface area contributed by atoms with E-state index in [-0.39, 0.29) is 11.1 Å². The smallest absolute Gasteiger partial charge is 0.335 e. The van der Waals surface area contributed by atoms with Crippen LogP contribution in [0.3, 0.4) is 0 Å². The van der Waals surface area contributed by atoms with E-state index in [2.05, 4.69) is 11.8 Å². The maximum Gasteiger partial charge on any atom is 0.335 e. The zero-order valence-corrected chi connectivity index (χ0v) is 18.3. The van der Waals surface area contributed by atoms with E-state index in [4.69, 9.17) is 9.84 Å². The van der Waals surface area contributed by atoms with Crippen LogP contribution in [0.1, 0.15) is 33.3 Å². The molecule has 32 heavy (non-hydrogen) atoms. The number of carbonyl (C=O) groups is 1. The van der Waals surface area contributed by atoms with Gasteiger partial charge >= 0.3 is 5.97 Å². The first-order chi connectivity index (χ1) is 15.5. The van der Waals surface area contributed by atoms with E-state index in [1.807, 2.05) is 43.3 Å². The van der Waals surface area contributed by atoms with E-state index >= 15 is 0 Å². The SMILES string of the molecule is CCOc1ccc(CC#Cc2cc3c(=O)n(Cc4ccc(C(=O)O)cc4)ccc3s2)cc1. The number of pyridine rings is 1. The van der Waals surface area contributed by atoms with Crippen LogP contribution in [0.2, 0.25) is 0 Å². The lowest BCUT2D eigenvalue weighted by atomic mass is 10.1. The summed E-state index contributed by atoms with van der Waals surface area (Å²) in [7, 11) is 0. The maximum atomic E-state index is 12.9. The third-order valence-electron chi connectivity index (χ3n) is 4.95. The average Bonchev–Trinajstić information content (AvgIpc) is 3.21. The minimum atomic E-state index is -0.968. The normalized spacial score (nSPS) is 10.5. The Labute approximate surface area is 189 Å². The van der Waals surface area contributed by atoms with E-state index in [1.165, 1.54) is 11.3 Å². The Balaban J connectivity index is 1.50. The van der Waals surface area contributed by atoms with Crippen LogP contribution in [0.25, 0.3) is 10.1 Å². The van der Waals surface area contributed by atoms with Gasteiger partial charge in [-0.3, -0.25) is 4.79 Å². The lowest BCUT2D eigenvalue weighted by Crippen LogP contribution is -2.19. The first kappa shape index (κ1) is 21.4. The van der Waals surface area contributed by atoms with Crippen molar-refractivity contribution in [2.45, 2.75) is 19.9 Å². The summed E-state index contributed by atoms with van der Waals surface area (Å²) in [6, 6.07) is 18.2. The third kappa shape index (κ3) is 4.90. The minimum Gasteiger partial charge on any atom is -0.494 e. The topological polar surface area (TPSA) is 68.5 Å². The van der Waals surface area contributed by atoms with Crippen molar-refractivity contribution >= 4 is 27.4 Å². The van der Waals surface area contributed by atoms with Crippen molar-refractivity contribution in [2.75, 3.05) is 6.61 Å². The highest BCUT2D eigenvalue weighted by Crippen LogP contribution is 2.22. The molecule has 2 heterocycles. The molecule has 2 aromatic heterocycles. The number of nitrogens with zero attached hydrogens (tertiary/aromatic N) is 1. The zero-order chi connectivity index (χ0) is 22.5. The molecule has 0 saturated carbocycles. The fraction of sp³-hybridized carbons (Fsp3) is 0.154. The number of carboxylic acid groups (broad SMARTS) is 1. The molecule has 0 saturated heterocycles. The Morgan fingerprint density at radius 1 is 1.06 bits per heavy atom. The molecule has 0 aliphatic rings. The summed E-state index contributed by atoms with van der Waals surface area (Å²) in [5.41, 5.74) is 2.11. The molecule has 0 fully saturated rings. The van der Waals surface area contributed by atoms with Crippen molar-refractivity contribution in [2.24, 2.45) is 0 Å². The molecule has 0 amide bonds. The van der Waals surface area contributed by atoms with Gasteiger partial charge in [-0.05, 0) is 54.4 Å². The summed E-state index contributed by atoms with van der Waals surface area (Å²) in [6.07, 6.45) is 2.39. The molecule has 0 unspecified atom stereocenters. The van der Waals surface area contributed by atoms with Crippen LogP contribution in [-0.4, -0.2) is 22.2 Å². The lowest BCUT2D eigenvalue weighted by Gasteiger charge is -2.06. The number of rotatable bonds is 6. The number of carboxylic acids is 1. The standard InChI is InChI=1S/C26H21NO4S/c1-2-31-21-12-8-18(9-13-21)4-3-5-22-16-23-24(32-22)14-15-27(25(23)28)17-19-6-10-20(11-7-19)26(29)30/h6-16H,2,4,17H2,1H3,(H,29,30). The molecule has 0 radical (unpaired) electrons. The minimum absolute atomic E-state index is 0.0828. The average molecular weight is 444 g/mol. The predicted molar refractivity (Wildman–Crippen MR) is 127 cm³/mol. The molecule has 1 N–H and O–H groups in total. The van der Waals surface area contributed by atoms with Gasteiger partial charge in [0.05, 0.1) is 29.0 Å².